The van der Waals surface area contributed by atoms with E-state index in [-0.39, 0.29) is 41.4 Å². The zero-order valence-electron chi connectivity index (χ0n) is 21.8. The second-order valence-electron chi connectivity index (χ2n) is 10.8. The molecule has 1 N–H and O–H groups in total. The number of hydrogen-bond acceptors (Lipinski definition) is 5. The molecule has 4 aromatic rings. The van der Waals surface area contributed by atoms with Crippen molar-refractivity contribution < 1.29 is 19.3 Å². The summed E-state index contributed by atoms with van der Waals surface area (Å²) in [7, 11) is 0. The summed E-state index contributed by atoms with van der Waals surface area (Å²) >= 11 is 0. The molecular formula is C33H25N3O5. The standard InChI is InChI=1S/C33H25N3O5/c37-31(34-20-11-8-12-21(18-20)36(40)41)26(17-19-9-2-1-3-10-19)35-32(38)29-27-22-13-4-5-14-23(22)28(30(29)33(35)39)25-16-7-6-15-24(25)27/h1-16,18,26-30H,17H2,(H,34,37)/t26-,27?,28?,29+,30+/m0/s1. The van der Waals surface area contributed by atoms with Gasteiger partial charge < -0.3 is 5.32 Å². The number of carbonyl (C=O) groups is 3. The molecule has 1 aliphatic heterocycles. The monoisotopic (exact) mass is 543 g/mol. The Hall–Kier alpha value is -5.11. The lowest BCUT2D eigenvalue weighted by molar-refractivity contribution is -0.384. The number of imide groups is 1. The van der Waals surface area contributed by atoms with E-state index in [1.54, 1.807) is 6.07 Å². The predicted molar refractivity (Wildman–Crippen MR) is 151 cm³/mol. The molecule has 3 amide bonds. The van der Waals surface area contributed by atoms with Crippen LogP contribution >= 0.6 is 0 Å². The molecule has 8 heteroatoms. The quantitative estimate of drug-likeness (QED) is 0.208. The summed E-state index contributed by atoms with van der Waals surface area (Å²) in [6, 6.07) is 29.7. The van der Waals surface area contributed by atoms with Gasteiger partial charge >= 0.3 is 0 Å². The highest BCUT2D eigenvalue weighted by atomic mass is 16.6. The molecule has 41 heavy (non-hydrogen) atoms. The predicted octanol–water partition coefficient (Wildman–Crippen LogP) is 5.04. The maximum absolute atomic E-state index is 14.3. The lowest BCUT2D eigenvalue weighted by Crippen LogP contribution is -2.49. The molecule has 1 heterocycles. The summed E-state index contributed by atoms with van der Waals surface area (Å²) in [6.45, 7) is 0. The Morgan fingerprint density at radius 2 is 1.27 bits per heavy atom. The fourth-order valence-electron chi connectivity index (χ4n) is 7.07. The van der Waals surface area contributed by atoms with Gasteiger partial charge in [-0.05, 0) is 33.9 Å². The van der Waals surface area contributed by atoms with Gasteiger partial charge in [-0.3, -0.25) is 29.4 Å². The molecule has 4 aliphatic rings. The van der Waals surface area contributed by atoms with Crippen LogP contribution in [0, 0.1) is 22.0 Å². The third-order valence-electron chi connectivity index (χ3n) is 8.69. The molecule has 0 radical (unpaired) electrons. The summed E-state index contributed by atoms with van der Waals surface area (Å²) in [4.78, 5) is 54.5. The van der Waals surface area contributed by atoms with Crippen LogP contribution in [0.5, 0.6) is 0 Å². The number of rotatable bonds is 6. The van der Waals surface area contributed by atoms with Gasteiger partial charge in [-0.25, -0.2) is 0 Å². The number of amides is 3. The first-order chi connectivity index (χ1) is 19.9. The van der Waals surface area contributed by atoms with Gasteiger partial charge in [0.05, 0.1) is 16.8 Å². The van der Waals surface area contributed by atoms with Crippen molar-refractivity contribution in [2.75, 3.05) is 5.32 Å². The summed E-state index contributed by atoms with van der Waals surface area (Å²) in [5, 5.41) is 14.0. The van der Waals surface area contributed by atoms with Crippen LogP contribution in [0.15, 0.2) is 103 Å². The Kier molecular flexibility index (Phi) is 5.78. The molecule has 8 rings (SSSR count). The molecule has 1 fully saturated rings. The highest BCUT2D eigenvalue weighted by Crippen LogP contribution is 2.61. The Bertz CT molecular complexity index is 1620. The van der Waals surface area contributed by atoms with E-state index in [1.165, 1.54) is 23.1 Å². The highest BCUT2D eigenvalue weighted by Gasteiger charge is 2.63. The fraction of sp³-hybridized carbons (Fsp3) is 0.182. The van der Waals surface area contributed by atoms with Gasteiger partial charge in [-0.2, -0.15) is 0 Å². The van der Waals surface area contributed by atoms with Gasteiger partial charge in [0.1, 0.15) is 6.04 Å². The third-order valence-corrected chi connectivity index (χ3v) is 8.69. The van der Waals surface area contributed by atoms with Crippen molar-refractivity contribution in [3.8, 4) is 0 Å². The molecule has 4 aromatic carbocycles. The van der Waals surface area contributed by atoms with E-state index in [0.717, 1.165) is 27.8 Å². The molecule has 8 nitrogen and oxygen atoms in total. The van der Waals surface area contributed by atoms with E-state index >= 15 is 0 Å². The van der Waals surface area contributed by atoms with E-state index in [2.05, 4.69) is 5.32 Å². The van der Waals surface area contributed by atoms with Crippen LogP contribution in [0.2, 0.25) is 0 Å². The Morgan fingerprint density at radius 1 is 0.756 bits per heavy atom. The highest BCUT2D eigenvalue weighted by molar-refractivity contribution is 6.11. The second-order valence-corrected chi connectivity index (χ2v) is 10.8. The van der Waals surface area contributed by atoms with E-state index in [4.69, 9.17) is 0 Å². The number of nitrogens with one attached hydrogen (secondary N) is 1. The molecule has 0 unspecified atom stereocenters. The summed E-state index contributed by atoms with van der Waals surface area (Å²) < 4.78 is 0. The molecule has 2 bridgehead atoms. The number of benzene rings is 4. The van der Waals surface area contributed by atoms with Crippen molar-refractivity contribution in [2.45, 2.75) is 24.3 Å². The summed E-state index contributed by atoms with van der Waals surface area (Å²) in [5.41, 5.74) is 5.06. The number of carbonyl (C=O) groups excluding carboxylic acids is 3. The van der Waals surface area contributed by atoms with E-state index in [9.17, 15) is 24.5 Å². The number of nitrogens with zero attached hydrogens (tertiary/aromatic N) is 2. The van der Waals surface area contributed by atoms with Crippen LogP contribution in [0.3, 0.4) is 0 Å². The molecular weight excluding hydrogens is 518 g/mol. The summed E-state index contributed by atoms with van der Waals surface area (Å²) in [6.07, 6.45) is 0.119. The molecule has 0 aromatic heterocycles. The third kappa shape index (κ3) is 3.86. The SMILES string of the molecule is O=C(Nc1cccc([N+](=O)[O-])c1)[C@H](Cc1ccccc1)N1C(=O)[C@@H]2C3c4ccccc4C(c4ccccc43)[C@H]2C1=O. The van der Waals surface area contributed by atoms with Crippen molar-refractivity contribution in [3.05, 3.63) is 141 Å². The number of hydrogen-bond donors (Lipinski definition) is 1. The molecule has 0 saturated carbocycles. The Labute approximate surface area is 235 Å². The van der Waals surface area contributed by atoms with Gasteiger partial charge in [-0.15, -0.1) is 0 Å². The van der Waals surface area contributed by atoms with Crippen LogP contribution in [0.1, 0.15) is 39.7 Å². The first-order valence-corrected chi connectivity index (χ1v) is 13.6. The van der Waals surface area contributed by atoms with E-state index < -0.39 is 28.7 Å². The normalized spacial score (nSPS) is 22.5. The van der Waals surface area contributed by atoms with Crippen molar-refractivity contribution in [1.29, 1.82) is 0 Å². The van der Waals surface area contributed by atoms with Crippen LogP contribution < -0.4 is 5.32 Å². The Balaban J connectivity index is 1.30. The van der Waals surface area contributed by atoms with Crippen LogP contribution in [0.4, 0.5) is 11.4 Å². The molecule has 0 spiro atoms. The minimum atomic E-state index is -1.13. The number of likely N-dealkylation sites (tertiary alicyclic amines) is 1. The maximum Gasteiger partial charge on any atom is 0.271 e. The first-order valence-electron chi connectivity index (χ1n) is 13.6. The van der Waals surface area contributed by atoms with Gasteiger partial charge in [0.2, 0.25) is 17.7 Å². The van der Waals surface area contributed by atoms with Gasteiger partial charge in [0, 0.05) is 36.1 Å². The zero-order valence-corrected chi connectivity index (χ0v) is 21.8. The Morgan fingerprint density at radius 3 is 1.78 bits per heavy atom. The average molecular weight is 544 g/mol. The lowest BCUT2D eigenvalue weighted by Gasteiger charge is -2.45. The van der Waals surface area contributed by atoms with Crippen LogP contribution in [0.25, 0.3) is 0 Å². The minimum Gasteiger partial charge on any atom is -0.324 e. The second kappa shape index (κ2) is 9.52. The van der Waals surface area contributed by atoms with Crippen molar-refractivity contribution >= 4 is 29.1 Å². The van der Waals surface area contributed by atoms with Crippen molar-refractivity contribution in [2.24, 2.45) is 11.8 Å². The molecule has 1 saturated heterocycles. The number of nitro benzene ring substituents is 1. The van der Waals surface area contributed by atoms with Gasteiger partial charge in [0.25, 0.3) is 5.69 Å². The zero-order chi connectivity index (χ0) is 28.2. The van der Waals surface area contributed by atoms with Crippen molar-refractivity contribution in [1.82, 2.24) is 4.90 Å². The first kappa shape index (κ1) is 24.9. The maximum atomic E-state index is 14.3. The molecule has 202 valence electrons. The minimum absolute atomic E-state index is 0.119. The summed E-state index contributed by atoms with van der Waals surface area (Å²) in [5.74, 6) is -3.06. The van der Waals surface area contributed by atoms with Gasteiger partial charge in [-0.1, -0.05) is 84.9 Å². The topological polar surface area (TPSA) is 110 Å². The molecule has 3 atom stereocenters. The van der Waals surface area contributed by atoms with Gasteiger partial charge in [0.15, 0.2) is 0 Å². The van der Waals surface area contributed by atoms with E-state index in [1.807, 2.05) is 78.9 Å². The largest absolute Gasteiger partial charge is 0.324 e. The lowest BCUT2D eigenvalue weighted by atomic mass is 9.55. The average Bonchev–Trinajstić information content (AvgIpc) is 3.26. The van der Waals surface area contributed by atoms with Crippen LogP contribution in [-0.4, -0.2) is 33.6 Å². The van der Waals surface area contributed by atoms with Crippen molar-refractivity contribution in [3.63, 3.8) is 0 Å². The molecule has 3 aliphatic carbocycles. The van der Waals surface area contributed by atoms with E-state index in [0.29, 0.717) is 0 Å². The number of non-ortho nitro benzene ring substituents is 1. The number of anilines is 1. The van der Waals surface area contributed by atoms with Crippen LogP contribution in [-0.2, 0) is 20.8 Å². The smallest absolute Gasteiger partial charge is 0.271 e. The fourth-order valence-corrected chi connectivity index (χ4v) is 7.07. The number of nitro groups is 1.